The molecule has 0 saturated heterocycles. The fraction of sp³-hybridized carbons (Fsp3) is 0.250. The van der Waals surface area contributed by atoms with Gasteiger partial charge in [0.15, 0.2) is 6.61 Å². The van der Waals surface area contributed by atoms with E-state index in [2.05, 4.69) is 10.5 Å². The molecule has 158 valence electrons. The molecule has 1 amide bonds. The summed E-state index contributed by atoms with van der Waals surface area (Å²) in [5.41, 5.74) is 2.02. The molecule has 2 rings (SSSR count). The topological polar surface area (TPSA) is 129 Å². The van der Waals surface area contributed by atoms with Crippen LogP contribution in [0.3, 0.4) is 0 Å². The molecule has 0 spiro atoms. The van der Waals surface area contributed by atoms with Gasteiger partial charge in [-0.15, -0.1) is 0 Å². The minimum Gasteiger partial charge on any atom is -0.497 e. The number of ether oxygens (including phenoxy) is 2. The third-order valence-corrected chi connectivity index (χ3v) is 4.02. The van der Waals surface area contributed by atoms with Crippen LogP contribution in [-0.4, -0.2) is 43.3 Å². The van der Waals surface area contributed by atoms with Crippen molar-refractivity contribution in [1.29, 1.82) is 0 Å². The summed E-state index contributed by atoms with van der Waals surface area (Å²) < 4.78 is 9.81. The Balaban J connectivity index is 1.79. The molecule has 0 aliphatic rings. The minimum atomic E-state index is -0.813. The van der Waals surface area contributed by atoms with Gasteiger partial charge < -0.3 is 19.6 Å². The molecule has 2 aromatic rings. The van der Waals surface area contributed by atoms with Crippen molar-refractivity contribution in [3.05, 3.63) is 63.2 Å². The number of carbonyl (C=O) groups excluding carboxylic acids is 2. The molecule has 10 heteroatoms. The number of esters is 1. The molecule has 0 saturated carbocycles. The zero-order valence-corrected chi connectivity index (χ0v) is 16.7. The molecule has 0 heterocycles. The summed E-state index contributed by atoms with van der Waals surface area (Å²) in [6.07, 6.45) is 1.40. The Morgan fingerprint density at radius 3 is 2.43 bits per heavy atom. The normalized spacial score (nSPS) is 10.5. The third kappa shape index (κ3) is 6.59. The number of anilines is 1. The molecule has 0 radical (unpaired) electrons. The first-order valence-corrected chi connectivity index (χ1v) is 8.80. The lowest BCUT2D eigenvalue weighted by Crippen LogP contribution is -2.23. The van der Waals surface area contributed by atoms with E-state index in [1.54, 1.807) is 45.2 Å². The SMILES string of the molecule is COc1ccc(/C=N\OCC(=O)OCC(=O)Nc2cc(C)c(C)cc2[N+](=O)[O-])cc1. The van der Waals surface area contributed by atoms with Crippen molar-refractivity contribution >= 4 is 29.5 Å². The molecule has 1 N–H and O–H groups in total. The number of hydrogen-bond acceptors (Lipinski definition) is 8. The second kappa shape index (κ2) is 10.6. The van der Waals surface area contributed by atoms with Gasteiger partial charge in [-0.05, 0) is 60.9 Å². The number of nitro benzene ring substituents is 1. The van der Waals surface area contributed by atoms with Crippen LogP contribution in [-0.2, 0) is 19.2 Å². The molecule has 30 heavy (non-hydrogen) atoms. The van der Waals surface area contributed by atoms with E-state index in [-0.39, 0.29) is 11.4 Å². The van der Waals surface area contributed by atoms with Gasteiger partial charge in [0, 0.05) is 6.07 Å². The number of carbonyl (C=O) groups is 2. The van der Waals surface area contributed by atoms with Gasteiger partial charge in [-0.25, -0.2) is 4.79 Å². The van der Waals surface area contributed by atoms with Crippen molar-refractivity contribution in [3.63, 3.8) is 0 Å². The monoisotopic (exact) mass is 415 g/mol. The van der Waals surface area contributed by atoms with Crippen LogP contribution >= 0.6 is 0 Å². The number of methoxy groups -OCH3 is 1. The fourth-order valence-electron chi connectivity index (χ4n) is 2.30. The Morgan fingerprint density at radius 2 is 1.80 bits per heavy atom. The highest BCUT2D eigenvalue weighted by Crippen LogP contribution is 2.27. The van der Waals surface area contributed by atoms with Gasteiger partial charge in [-0.1, -0.05) is 5.16 Å². The van der Waals surface area contributed by atoms with E-state index in [0.29, 0.717) is 5.75 Å². The summed E-state index contributed by atoms with van der Waals surface area (Å²) in [6.45, 7) is 2.38. The van der Waals surface area contributed by atoms with Gasteiger partial charge in [0.05, 0.1) is 18.2 Å². The van der Waals surface area contributed by atoms with Crippen molar-refractivity contribution < 1.29 is 28.8 Å². The quantitative estimate of drug-likeness (QED) is 0.288. The highest BCUT2D eigenvalue weighted by Gasteiger charge is 2.18. The van der Waals surface area contributed by atoms with Gasteiger partial charge in [-0.2, -0.15) is 0 Å². The maximum Gasteiger partial charge on any atom is 0.347 e. The Hall–Kier alpha value is -3.95. The van der Waals surface area contributed by atoms with E-state index in [0.717, 1.165) is 16.7 Å². The molecular weight excluding hydrogens is 394 g/mol. The van der Waals surface area contributed by atoms with E-state index in [4.69, 9.17) is 14.3 Å². The van der Waals surface area contributed by atoms with Crippen molar-refractivity contribution in [2.75, 3.05) is 25.6 Å². The van der Waals surface area contributed by atoms with Gasteiger partial charge in [0.2, 0.25) is 6.61 Å². The zero-order valence-electron chi connectivity index (χ0n) is 16.7. The predicted molar refractivity (Wildman–Crippen MR) is 109 cm³/mol. The van der Waals surface area contributed by atoms with Crippen LogP contribution in [0.5, 0.6) is 5.75 Å². The summed E-state index contributed by atoms with van der Waals surface area (Å²) in [4.78, 5) is 39.0. The van der Waals surface area contributed by atoms with Crippen molar-refractivity contribution in [2.45, 2.75) is 13.8 Å². The molecule has 0 unspecified atom stereocenters. The Labute approximate surface area is 172 Å². The Morgan fingerprint density at radius 1 is 1.13 bits per heavy atom. The summed E-state index contributed by atoms with van der Waals surface area (Å²) in [5, 5.41) is 17.2. The number of amides is 1. The van der Waals surface area contributed by atoms with Gasteiger partial charge >= 0.3 is 5.97 Å². The van der Waals surface area contributed by atoms with Crippen LogP contribution in [0.25, 0.3) is 0 Å². The van der Waals surface area contributed by atoms with E-state index >= 15 is 0 Å². The highest BCUT2D eigenvalue weighted by atomic mass is 16.7. The molecular formula is C20H21N3O7. The number of benzene rings is 2. The van der Waals surface area contributed by atoms with Crippen LogP contribution in [0.1, 0.15) is 16.7 Å². The maximum atomic E-state index is 12.0. The minimum absolute atomic E-state index is 0.0319. The number of hydrogen-bond donors (Lipinski definition) is 1. The number of rotatable bonds is 9. The van der Waals surface area contributed by atoms with Crippen molar-refractivity contribution in [2.24, 2.45) is 5.16 Å². The first kappa shape index (κ1) is 22.3. The summed E-state index contributed by atoms with van der Waals surface area (Å²) in [6, 6.07) is 9.85. The van der Waals surface area contributed by atoms with Crippen LogP contribution in [0.15, 0.2) is 41.6 Å². The lowest BCUT2D eigenvalue weighted by Gasteiger charge is -2.09. The standard InChI is InChI=1S/C20H21N3O7/c1-13-8-17(18(23(26)27)9-14(13)2)22-19(24)11-29-20(25)12-30-21-10-15-4-6-16(28-3)7-5-15/h4-10H,11-12H2,1-3H3,(H,22,24)/b21-10-. The molecule has 0 aliphatic carbocycles. The molecule has 0 aliphatic heterocycles. The number of nitrogens with one attached hydrogen (secondary N) is 1. The van der Waals surface area contributed by atoms with E-state index in [1.807, 2.05) is 0 Å². The third-order valence-electron chi connectivity index (χ3n) is 4.02. The summed E-state index contributed by atoms with van der Waals surface area (Å²) in [7, 11) is 1.56. The van der Waals surface area contributed by atoms with Crippen LogP contribution < -0.4 is 10.1 Å². The number of nitro groups is 1. The van der Waals surface area contributed by atoms with Gasteiger partial charge in [0.1, 0.15) is 11.4 Å². The highest BCUT2D eigenvalue weighted by molar-refractivity contribution is 5.95. The van der Waals surface area contributed by atoms with Crippen LogP contribution in [0.4, 0.5) is 11.4 Å². The second-order valence-electron chi connectivity index (χ2n) is 6.20. The smallest absolute Gasteiger partial charge is 0.347 e. The zero-order chi connectivity index (χ0) is 22.1. The average molecular weight is 415 g/mol. The Kier molecular flexibility index (Phi) is 7.86. The fourth-order valence-corrected chi connectivity index (χ4v) is 2.30. The lowest BCUT2D eigenvalue weighted by atomic mass is 10.1. The first-order chi connectivity index (χ1) is 14.3. The molecule has 0 aromatic heterocycles. The summed E-state index contributed by atoms with van der Waals surface area (Å²) >= 11 is 0. The predicted octanol–water partition coefficient (Wildman–Crippen LogP) is 2.75. The van der Waals surface area contributed by atoms with E-state index < -0.39 is 30.0 Å². The van der Waals surface area contributed by atoms with Crippen molar-refractivity contribution in [3.8, 4) is 5.75 Å². The number of nitrogens with zero attached hydrogens (tertiary/aromatic N) is 2. The largest absolute Gasteiger partial charge is 0.497 e. The second-order valence-corrected chi connectivity index (χ2v) is 6.20. The average Bonchev–Trinajstić information content (AvgIpc) is 2.72. The van der Waals surface area contributed by atoms with Crippen LogP contribution in [0.2, 0.25) is 0 Å². The van der Waals surface area contributed by atoms with Crippen molar-refractivity contribution in [1.82, 2.24) is 0 Å². The molecule has 0 atom stereocenters. The molecule has 0 fully saturated rings. The summed E-state index contributed by atoms with van der Waals surface area (Å²) in [5.74, 6) is -0.830. The number of aryl methyl sites for hydroxylation is 2. The van der Waals surface area contributed by atoms with Crippen LogP contribution in [0, 0.1) is 24.0 Å². The van der Waals surface area contributed by atoms with Gasteiger partial charge in [0.25, 0.3) is 11.6 Å². The van der Waals surface area contributed by atoms with E-state index in [9.17, 15) is 19.7 Å². The number of oxime groups is 1. The maximum absolute atomic E-state index is 12.0. The van der Waals surface area contributed by atoms with E-state index in [1.165, 1.54) is 18.3 Å². The Bertz CT molecular complexity index is 956. The first-order valence-electron chi connectivity index (χ1n) is 8.80. The lowest BCUT2D eigenvalue weighted by molar-refractivity contribution is -0.384. The molecule has 10 nitrogen and oxygen atoms in total. The molecule has 2 aromatic carbocycles. The molecule has 0 bridgehead atoms. The van der Waals surface area contributed by atoms with Gasteiger partial charge in [-0.3, -0.25) is 14.9 Å².